The molecule has 2 aromatic rings. The van der Waals surface area contributed by atoms with Crippen molar-refractivity contribution in [1.29, 1.82) is 0 Å². The quantitative estimate of drug-likeness (QED) is 0.566. The van der Waals surface area contributed by atoms with Crippen molar-refractivity contribution < 1.29 is 0 Å². The molecule has 3 rings (SSSR count). The molecular weight excluding hydrogens is 306 g/mol. The van der Waals surface area contributed by atoms with Gasteiger partial charge in [-0.3, -0.25) is 0 Å². The molecule has 1 unspecified atom stereocenters. The second-order valence-electron chi connectivity index (χ2n) is 4.50. The fourth-order valence-electron chi connectivity index (χ4n) is 2.24. The Labute approximate surface area is 130 Å². The number of benzene rings is 2. The molecule has 100 valence electrons. The molecule has 0 fully saturated rings. The summed E-state index contributed by atoms with van der Waals surface area (Å²) in [6, 6.07) is 21.0. The molecule has 2 aromatic carbocycles. The van der Waals surface area contributed by atoms with Gasteiger partial charge in [0.2, 0.25) is 0 Å². The molecule has 0 heterocycles. The van der Waals surface area contributed by atoms with Crippen LogP contribution in [0.15, 0.2) is 83.2 Å². The van der Waals surface area contributed by atoms with Crippen molar-refractivity contribution >= 4 is 41.7 Å². The highest BCUT2D eigenvalue weighted by Gasteiger charge is 2.25. The maximum atomic E-state index is 6.42. The first-order valence-electron chi connectivity index (χ1n) is 6.39. The molecule has 20 heavy (non-hydrogen) atoms. The molecule has 1 aliphatic carbocycles. The van der Waals surface area contributed by atoms with Gasteiger partial charge in [-0.1, -0.05) is 84.4 Å². The van der Waals surface area contributed by atoms with E-state index in [-0.39, 0.29) is 5.38 Å². The summed E-state index contributed by atoms with van der Waals surface area (Å²) in [5, 5.41) is 4.29. The zero-order valence-corrected chi connectivity index (χ0v) is 13.1. The van der Waals surface area contributed by atoms with Crippen LogP contribution >= 0.6 is 31.1 Å². The van der Waals surface area contributed by atoms with E-state index >= 15 is 0 Å². The molecule has 1 atom stereocenters. The predicted molar refractivity (Wildman–Crippen MR) is 90.7 cm³/mol. The van der Waals surface area contributed by atoms with Gasteiger partial charge in [0.05, 0.1) is 5.38 Å². The number of alkyl halides is 1. The number of allylic oxidation sites excluding steroid dienone is 4. The van der Waals surface area contributed by atoms with Crippen LogP contribution in [0.1, 0.15) is 0 Å². The van der Waals surface area contributed by atoms with E-state index < -0.39 is 7.92 Å². The third-order valence-corrected chi connectivity index (χ3v) is 6.73. The highest BCUT2D eigenvalue weighted by atomic mass is 35.5. The van der Waals surface area contributed by atoms with Crippen molar-refractivity contribution in [2.45, 2.75) is 5.38 Å². The predicted octanol–water partition coefficient (Wildman–Crippen LogP) is 4.75. The van der Waals surface area contributed by atoms with Crippen molar-refractivity contribution in [1.82, 2.24) is 0 Å². The Morgan fingerprint density at radius 3 is 1.70 bits per heavy atom. The summed E-state index contributed by atoms with van der Waals surface area (Å²) in [5.41, 5.74) is 0. The van der Waals surface area contributed by atoms with E-state index in [9.17, 15) is 0 Å². The minimum atomic E-state index is -0.642. The maximum absolute atomic E-state index is 6.42. The normalized spacial score (nSPS) is 18.1. The molecular formula is C17H13Cl2P. The summed E-state index contributed by atoms with van der Waals surface area (Å²) in [7, 11) is -0.642. The molecule has 1 aliphatic rings. The van der Waals surface area contributed by atoms with Crippen molar-refractivity contribution in [3.05, 3.63) is 83.2 Å². The molecule has 0 nitrogen and oxygen atoms in total. The van der Waals surface area contributed by atoms with E-state index in [0.717, 1.165) is 10.3 Å². The number of hydrogen-bond donors (Lipinski definition) is 0. The molecule has 0 aliphatic heterocycles. The Hall–Kier alpha value is -1.07. The summed E-state index contributed by atoms with van der Waals surface area (Å²) in [5.74, 6) is 0. The lowest BCUT2D eigenvalue weighted by molar-refractivity contribution is 1.41. The van der Waals surface area contributed by atoms with E-state index in [1.165, 1.54) is 10.6 Å². The monoisotopic (exact) mass is 318 g/mol. The van der Waals surface area contributed by atoms with E-state index in [4.69, 9.17) is 23.2 Å². The molecule has 0 saturated carbocycles. The molecule has 0 bridgehead atoms. The number of hydrogen-bond acceptors (Lipinski definition) is 0. The lowest BCUT2D eigenvalue weighted by atomic mass is 10.4. The Morgan fingerprint density at radius 2 is 1.30 bits per heavy atom. The Morgan fingerprint density at radius 1 is 0.800 bits per heavy atom. The average Bonchev–Trinajstić information content (AvgIpc) is 2.82. The van der Waals surface area contributed by atoms with E-state index in [2.05, 4.69) is 54.6 Å². The van der Waals surface area contributed by atoms with E-state index in [1.807, 2.05) is 18.2 Å². The summed E-state index contributed by atoms with van der Waals surface area (Å²) in [4.78, 5) is 0. The van der Waals surface area contributed by atoms with Crippen LogP contribution in [-0.2, 0) is 0 Å². The molecule has 0 spiro atoms. The molecule has 0 saturated heterocycles. The third-order valence-electron chi connectivity index (χ3n) is 3.18. The van der Waals surface area contributed by atoms with Crippen molar-refractivity contribution in [3.63, 3.8) is 0 Å². The first kappa shape index (κ1) is 13.9. The molecule has 0 aromatic heterocycles. The fourth-order valence-corrected chi connectivity index (χ4v) is 5.28. The van der Waals surface area contributed by atoms with Crippen molar-refractivity contribution in [2.24, 2.45) is 0 Å². The molecule has 0 N–H and O–H groups in total. The van der Waals surface area contributed by atoms with Gasteiger partial charge in [0, 0.05) is 10.3 Å². The van der Waals surface area contributed by atoms with Crippen LogP contribution in [0.5, 0.6) is 0 Å². The van der Waals surface area contributed by atoms with Gasteiger partial charge in [-0.2, -0.15) is 0 Å². The van der Waals surface area contributed by atoms with Crippen LogP contribution in [0, 0.1) is 0 Å². The zero-order valence-electron chi connectivity index (χ0n) is 10.7. The van der Waals surface area contributed by atoms with Crippen LogP contribution in [-0.4, -0.2) is 5.38 Å². The summed E-state index contributed by atoms with van der Waals surface area (Å²) < 4.78 is 0. The molecule has 0 amide bonds. The highest BCUT2D eigenvalue weighted by Crippen LogP contribution is 2.49. The lowest BCUT2D eigenvalue weighted by Gasteiger charge is -2.20. The lowest BCUT2D eigenvalue weighted by Crippen LogP contribution is -2.12. The van der Waals surface area contributed by atoms with Gasteiger partial charge in [0.15, 0.2) is 0 Å². The minimum absolute atomic E-state index is 0.191. The minimum Gasteiger partial charge on any atom is -0.112 e. The van der Waals surface area contributed by atoms with Crippen LogP contribution in [0.3, 0.4) is 0 Å². The van der Waals surface area contributed by atoms with Crippen LogP contribution in [0.2, 0.25) is 0 Å². The Bertz CT molecular complexity index is 608. The Kier molecular flexibility index (Phi) is 4.27. The highest BCUT2D eigenvalue weighted by molar-refractivity contribution is 7.77. The van der Waals surface area contributed by atoms with Crippen LogP contribution in [0.25, 0.3) is 0 Å². The second-order valence-corrected chi connectivity index (χ2v) is 7.56. The smallest absolute Gasteiger partial charge is 0.0882 e. The van der Waals surface area contributed by atoms with Gasteiger partial charge >= 0.3 is 0 Å². The van der Waals surface area contributed by atoms with Gasteiger partial charge in [-0.25, -0.2) is 0 Å². The summed E-state index contributed by atoms with van der Waals surface area (Å²) in [6.45, 7) is 0. The molecule has 0 radical (unpaired) electrons. The number of rotatable bonds is 3. The van der Waals surface area contributed by atoms with Crippen LogP contribution in [0.4, 0.5) is 0 Å². The SMILES string of the molecule is ClC1=C(P(c2ccccc2)c2ccccc2)C=CC1Cl. The first-order chi connectivity index (χ1) is 9.77. The van der Waals surface area contributed by atoms with Crippen molar-refractivity contribution in [2.75, 3.05) is 0 Å². The summed E-state index contributed by atoms with van der Waals surface area (Å²) in [6.07, 6.45) is 4.03. The third kappa shape index (κ3) is 2.69. The topological polar surface area (TPSA) is 0 Å². The molecule has 3 heteroatoms. The second kappa shape index (κ2) is 6.14. The van der Waals surface area contributed by atoms with Gasteiger partial charge in [0.25, 0.3) is 0 Å². The summed E-state index contributed by atoms with van der Waals surface area (Å²) >= 11 is 12.6. The van der Waals surface area contributed by atoms with Gasteiger partial charge in [-0.05, 0) is 18.5 Å². The zero-order chi connectivity index (χ0) is 13.9. The van der Waals surface area contributed by atoms with E-state index in [1.54, 1.807) is 0 Å². The van der Waals surface area contributed by atoms with Crippen LogP contribution < -0.4 is 10.6 Å². The standard InChI is InChI=1S/C17H13Cl2P/c18-15-11-12-16(17(15)19)20(13-7-3-1-4-8-13)14-9-5-2-6-10-14/h1-12,15H. The number of halogens is 2. The average molecular weight is 319 g/mol. The van der Waals surface area contributed by atoms with Gasteiger partial charge in [-0.15, -0.1) is 11.6 Å². The van der Waals surface area contributed by atoms with E-state index in [0.29, 0.717) is 0 Å². The van der Waals surface area contributed by atoms with Gasteiger partial charge in [0.1, 0.15) is 0 Å². The Balaban J connectivity index is 2.13. The van der Waals surface area contributed by atoms with Crippen molar-refractivity contribution in [3.8, 4) is 0 Å². The first-order valence-corrected chi connectivity index (χ1v) is 8.55. The van der Waals surface area contributed by atoms with Gasteiger partial charge < -0.3 is 0 Å². The maximum Gasteiger partial charge on any atom is 0.0882 e. The largest absolute Gasteiger partial charge is 0.112 e. The fraction of sp³-hybridized carbons (Fsp3) is 0.0588.